The van der Waals surface area contributed by atoms with E-state index in [1.165, 1.54) is 46.3 Å². The van der Waals surface area contributed by atoms with Gasteiger partial charge in [-0.3, -0.25) is 5.43 Å². The fourth-order valence-electron chi connectivity index (χ4n) is 5.37. The molecule has 1 heterocycles. The van der Waals surface area contributed by atoms with Crippen LogP contribution in [0.1, 0.15) is 30.7 Å². The van der Waals surface area contributed by atoms with Gasteiger partial charge in [0.1, 0.15) is 0 Å². The summed E-state index contributed by atoms with van der Waals surface area (Å²) in [5.74, 6) is 0.450. The maximum atomic E-state index is 4.96. The molecule has 3 heteroatoms. The third-order valence-electron chi connectivity index (χ3n) is 6.66. The molecule has 0 spiro atoms. The molecule has 2 unspecified atom stereocenters. The highest BCUT2D eigenvalue weighted by Crippen LogP contribution is 2.52. The molecule has 1 aliphatic heterocycles. The van der Waals surface area contributed by atoms with Crippen molar-refractivity contribution in [2.45, 2.75) is 31.2 Å². The summed E-state index contributed by atoms with van der Waals surface area (Å²) >= 11 is 0. The van der Waals surface area contributed by atoms with E-state index < -0.39 is 0 Å². The van der Waals surface area contributed by atoms with Crippen LogP contribution in [0.4, 0.5) is 17.1 Å². The Balaban J connectivity index is 1.50. The number of hydrogen-bond acceptors (Lipinski definition) is 3. The molecule has 1 N–H and O–H groups in total. The molecule has 2 atom stereocenters. The van der Waals surface area contributed by atoms with E-state index in [1.54, 1.807) is 0 Å². The average Bonchev–Trinajstić information content (AvgIpc) is 3.19. The predicted octanol–water partition coefficient (Wildman–Crippen LogP) is 7.10. The Morgan fingerprint density at radius 2 is 1.52 bits per heavy atom. The quantitative estimate of drug-likeness (QED) is 0.370. The lowest BCUT2D eigenvalue weighted by Gasteiger charge is -2.34. The summed E-state index contributed by atoms with van der Waals surface area (Å²) in [6, 6.07) is 34.7. The summed E-state index contributed by atoms with van der Waals surface area (Å²) in [6.45, 7) is 0. The Morgan fingerprint density at radius 1 is 0.774 bits per heavy atom. The Hall–Kier alpha value is -3.59. The van der Waals surface area contributed by atoms with Crippen LogP contribution in [0, 0.1) is 0 Å². The molecule has 1 saturated carbocycles. The molecule has 2 aliphatic rings. The van der Waals surface area contributed by atoms with Crippen molar-refractivity contribution >= 4 is 33.5 Å². The first kappa shape index (κ1) is 18.2. The van der Waals surface area contributed by atoms with Crippen molar-refractivity contribution in [2.24, 2.45) is 5.10 Å². The van der Waals surface area contributed by atoms with E-state index in [2.05, 4.69) is 89.2 Å². The standard InChI is InChI=1S/C28H25N3/c1-3-11-21(12-4-1)29-30-25-17-9-16-24-27-23-15-8-7-10-20(23)18-19-26(27)31(28(24)25)22-13-5-2-6-14-22/h1-8,10-15,18-19,24,28-29H,9,16-17H2/b30-25+. The number of nitrogens with one attached hydrogen (secondary N) is 1. The van der Waals surface area contributed by atoms with Crippen molar-refractivity contribution in [3.05, 3.63) is 103 Å². The minimum Gasteiger partial charge on any atom is -0.332 e. The van der Waals surface area contributed by atoms with Gasteiger partial charge in [-0.25, -0.2) is 0 Å². The predicted molar refractivity (Wildman–Crippen MR) is 130 cm³/mol. The van der Waals surface area contributed by atoms with Crippen LogP contribution >= 0.6 is 0 Å². The molecule has 0 amide bonds. The number of anilines is 3. The van der Waals surface area contributed by atoms with Gasteiger partial charge in [0, 0.05) is 17.3 Å². The normalized spacial score (nSPS) is 21.2. The van der Waals surface area contributed by atoms with Crippen molar-refractivity contribution in [1.29, 1.82) is 0 Å². The van der Waals surface area contributed by atoms with Gasteiger partial charge in [0.15, 0.2) is 0 Å². The fraction of sp³-hybridized carbons (Fsp3) is 0.179. The molecular weight excluding hydrogens is 378 g/mol. The number of hydrazone groups is 1. The van der Waals surface area contributed by atoms with Crippen molar-refractivity contribution in [3.8, 4) is 0 Å². The smallest absolute Gasteiger partial charge is 0.0810 e. The second-order valence-corrected chi connectivity index (χ2v) is 8.45. The SMILES string of the molecule is c1ccc(N/N=C2\CCCC3c4c(ccc5ccccc45)N(c4ccccc4)C23)cc1. The van der Waals surface area contributed by atoms with Gasteiger partial charge in [-0.2, -0.15) is 5.10 Å². The molecule has 0 saturated heterocycles. The van der Waals surface area contributed by atoms with Gasteiger partial charge in [0.2, 0.25) is 0 Å². The van der Waals surface area contributed by atoms with Gasteiger partial charge < -0.3 is 4.90 Å². The van der Waals surface area contributed by atoms with Gasteiger partial charge >= 0.3 is 0 Å². The van der Waals surface area contributed by atoms with Crippen LogP contribution < -0.4 is 10.3 Å². The summed E-state index contributed by atoms with van der Waals surface area (Å²) in [4.78, 5) is 2.52. The average molecular weight is 404 g/mol. The first-order chi connectivity index (χ1) is 15.4. The van der Waals surface area contributed by atoms with Gasteiger partial charge in [-0.1, -0.05) is 66.7 Å². The van der Waals surface area contributed by atoms with Crippen LogP contribution in [-0.2, 0) is 0 Å². The summed E-state index contributed by atoms with van der Waals surface area (Å²) in [7, 11) is 0. The third-order valence-corrected chi connectivity index (χ3v) is 6.66. The van der Waals surface area contributed by atoms with E-state index >= 15 is 0 Å². The molecule has 1 fully saturated rings. The van der Waals surface area contributed by atoms with Crippen LogP contribution in [0.2, 0.25) is 0 Å². The molecule has 4 aromatic rings. The number of hydrogen-bond donors (Lipinski definition) is 1. The Bertz CT molecular complexity index is 1250. The van der Waals surface area contributed by atoms with E-state index in [9.17, 15) is 0 Å². The minimum absolute atomic E-state index is 0.244. The zero-order valence-electron chi connectivity index (χ0n) is 17.4. The Morgan fingerprint density at radius 3 is 2.35 bits per heavy atom. The molecule has 31 heavy (non-hydrogen) atoms. The van der Waals surface area contributed by atoms with Crippen LogP contribution in [-0.4, -0.2) is 11.8 Å². The molecule has 1 aliphatic carbocycles. The highest BCUT2D eigenvalue weighted by molar-refractivity contribution is 6.03. The fourth-order valence-corrected chi connectivity index (χ4v) is 5.37. The number of rotatable bonds is 3. The van der Waals surface area contributed by atoms with E-state index in [0.29, 0.717) is 5.92 Å². The second kappa shape index (κ2) is 7.59. The molecule has 152 valence electrons. The van der Waals surface area contributed by atoms with Crippen LogP contribution in [0.5, 0.6) is 0 Å². The molecule has 3 nitrogen and oxygen atoms in total. The summed E-state index contributed by atoms with van der Waals surface area (Å²) in [5, 5.41) is 7.66. The van der Waals surface area contributed by atoms with Crippen molar-refractivity contribution in [2.75, 3.05) is 10.3 Å². The monoisotopic (exact) mass is 403 g/mol. The minimum atomic E-state index is 0.244. The maximum Gasteiger partial charge on any atom is 0.0810 e. The molecule has 0 bridgehead atoms. The number of para-hydroxylation sites is 2. The van der Waals surface area contributed by atoms with Gasteiger partial charge in [0.25, 0.3) is 0 Å². The molecular formula is C28H25N3. The molecule has 0 aromatic heterocycles. The highest BCUT2D eigenvalue weighted by Gasteiger charge is 2.44. The molecule has 4 aromatic carbocycles. The van der Waals surface area contributed by atoms with Crippen molar-refractivity contribution in [1.82, 2.24) is 0 Å². The lowest BCUT2D eigenvalue weighted by molar-refractivity contribution is 0.546. The van der Waals surface area contributed by atoms with E-state index in [0.717, 1.165) is 12.1 Å². The number of fused-ring (bicyclic) bond motifs is 5. The maximum absolute atomic E-state index is 4.96. The van der Waals surface area contributed by atoms with Crippen molar-refractivity contribution in [3.63, 3.8) is 0 Å². The van der Waals surface area contributed by atoms with Gasteiger partial charge in [-0.05, 0) is 65.9 Å². The zero-order valence-corrected chi connectivity index (χ0v) is 17.4. The number of nitrogens with zero attached hydrogens (tertiary/aromatic N) is 2. The third kappa shape index (κ3) is 3.09. The van der Waals surface area contributed by atoms with Crippen molar-refractivity contribution < 1.29 is 0 Å². The van der Waals surface area contributed by atoms with E-state index in [1.807, 2.05) is 18.2 Å². The topological polar surface area (TPSA) is 27.6 Å². The largest absolute Gasteiger partial charge is 0.332 e. The molecule has 6 rings (SSSR count). The first-order valence-electron chi connectivity index (χ1n) is 11.1. The first-order valence-corrected chi connectivity index (χ1v) is 11.1. The van der Waals surface area contributed by atoms with Gasteiger partial charge in [-0.15, -0.1) is 0 Å². The molecule has 0 radical (unpaired) electrons. The summed E-state index contributed by atoms with van der Waals surface area (Å²) < 4.78 is 0. The van der Waals surface area contributed by atoms with Gasteiger partial charge in [0.05, 0.1) is 17.4 Å². The number of benzene rings is 4. The second-order valence-electron chi connectivity index (χ2n) is 8.45. The van der Waals surface area contributed by atoms with Crippen LogP contribution in [0.15, 0.2) is 102 Å². The van der Waals surface area contributed by atoms with E-state index in [4.69, 9.17) is 5.10 Å². The Labute approximate surface area is 183 Å². The zero-order chi connectivity index (χ0) is 20.6. The summed E-state index contributed by atoms with van der Waals surface area (Å²) in [5.41, 5.74) is 9.65. The lowest BCUT2D eigenvalue weighted by Crippen LogP contribution is -2.40. The highest BCUT2D eigenvalue weighted by atomic mass is 15.3. The summed E-state index contributed by atoms with van der Waals surface area (Å²) in [6.07, 6.45) is 3.39. The van der Waals surface area contributed by atoms with Crippen LogP contribution in [0.3, 0.4) is 0 Å². The Kier molecular flexibility index (Phi) is 4.45. The van der Waals surface area contributed by atoms with E-state index in [-0.39, 0.29) is 6.04 Å². The van der Waals surface area contributed by atoms with Crippen LogP contribution in [0.25, 0.3) is 10.8 Å². The lowest BCUT2D eigenvalue weighted by atomic mass is 9.79.